The second-order valence-corrected chi connectivity index (χ2v) is 4.83. The molecular formula is C10H11BrN2O2. The van der Waals surface area contributed by atoms with Crippen LogP contribution in [0.5, 0.6) is 0 Å². The second kappa shape index (κ2) is 3.35. The van der Waals surface area contributed by atoms with Crippen LogP contribution in [0.15, 0.2) is 21.2 Å². The summed E-state index contributed by atoms with van der Waals surface area (Å²) >= 11 is 3.30. The number of carbonyl (C=O) groups excluding carboxylic acids is 1. The number of rotatable bonds is 1. The molecule has 2 aliphatic heterocycles. The summed E-state index contributed by atoms with van der Waals surface area (Å²) in [5.41, 5.74) is 0. The van der Waals surface area contributed by atoms with Gasteiger partial charge >= 0.3 is 0 Å². The van der Waals surface area contributed by atoms with Crippen LogP contribution in [-0.2, 0) is 0 Å². The molecule has 0 spiro atoms. The first-order chi connectivity index (χ1) is 7.27. The number of amides is 1. The quantitative estimate of drug-likeness (QED) is 0.835. The van der Waals surface area contributed by atoms with Crippen molar-refractivity contribution in [3.05, 3.63) is 22.6 Å². The molecule has 2 aliphatic rings. The average Bonchev–Trinajstić information content (AvgIpc) is 2.74. The standard InChI is InChI=1S/C10H11BrN2O2/c11-6-2-4-15-9(6)10(14)13-5-7-8(13)1-3-12-7/h2,4,7-8,12H,1,3,5H2. The van der Waals surface area contributed by atoms with Gasteiger partial charge < -0.3 is 14.6 Å². The number of nitrogens with one attached hydrogen (secondary N) is 1. The van der Waals surface area contributed by atoms with Crippen molar-refractivity contribution in [3.8, 4) is 0 Å². The molecule has 0 radical (unpaired) electrons. The van der Waals surface area contributed by atoms with Crippen molar-refractivity contribution in [1.82, 2.24) is 10.2 Å². The number of fused-ring (bicyclic) bond motifs is 1. The number of hydrogen-bond acceptors (Lipinski definition) is 3. The highest BCUT2D eigenvalue weighted by molar-refractivity contribution is 9.10. The van der Waals surface area contributed by atoms with Crippen LogP contribution in [0, 0.1) is 0 Å². The molecule has 80 valence electrons. The predicted molar refractivity (Wildman–Crippen MR) is 57.6 cm³/mol. The summed E-state index contributed by atoms with van der Waals surface area (Å²) in [5, 5.41) is 3.36. The zero-order valence-electron chi connectivity index (χ0n) is 8.07. The van der Waals surface area contributed by atoms with Crippen LogP contribution in [0.25, 0.3) is 0 Å². The Kier molecular flexibility index (Phi) is 2.10. The van der Waals surface area contributed by atoms with E-state index in [1.807, 2.05) is 4.90 Å². The first kappa shape index (κ1) is 9.42. The van der Waals surface area contributed by atoms with E-state index in [-0.39, 0.29) is 5.91 Å². The first-order valence-corrected chi connectivity index (χ1v) is 5.84. The van der Waals surface area contributed by atoms with Crippen molar-refractivity contribution in [2.75, 3.05) is 13.1 Å². The van der Waals surface area contributed by atoms with Gasteiger partial charge in [0.05, 0.1) is 16.8 Å². The minimum Gasteiger partial charge on any atom is -0.458 e. The molecule has 0 aliphatic carbocycles. The van der Waals surface area contributed by atoms with Crippen molar-refractivity contribution in [1.29, 1.82) is 0 Å². The molecule has 0 bridgehead atoms. The summed E-state index contributed by atoms with van der Waals surface area (Å²) in [5.74, 6) is 0.414. The highest BCUT2D eigenvalue weighted by atomic mass is 79.9. The van der Waals surface area contributed by atoms with Gasteiger partial charge in [0, 0.05) is 12.6 Å². The molecule has 3 heterocycles. The molecule has 2 fully saturated rings. The van der Waals surface area contributed by atoms with Crippen LogP contribution in [0.4, 0.5) is 0 Å². The Hall–Kier alpha value is -0.810. The van der Waals surface area contributed by atoms with Gasteiger partial charge in [-0.2, -0.15) is 0 Å². The van der Waals surface area contributed by atoms with Gasteiger partial charge in [-0.15, -0.1) is 0 Å². The lowest BCUT2D eigenvalue weighted by Gasteiger charge is -2.43. The van der Waals surface area contributed by atoms with Crippen molar-refractivity contribution in [3.63, 3.8) is 0 Å². The van der Waals surface area contributed by atoms with E-state index in [2.05, 4.69) is 21.2 Å². The van der Waals surface area contributed by atoms with Gasteiger partial charge in [0.2, 0.25) is 5.76 Å². The van der Waals surface area contributed by atoms with Crippen molar-refractivity contribution in [2.45, 2.75) is 18.5 Å². The van der Waals surface area contributed by atoms with Gasteiger partial charge in [-0.3, -0.25) is 4.79 Å². The summed E-state index contributed by atoms with van der Waals surface area (Å²) in [6.45, 7) is 1.81. The summed E-state index contributed by atoms with van der Waals surface area (Å²) in [6.07, 6.45) is 2.58. The largest absolute Gasteiger partial charge is 0.458 e. The minimum absolute atomic E-state index is 0.00294. The fourth-order valence-electron chi connectivity index (χ4n) is 2.33. The van der Waals surface area contributed by atoms with Gasteiger partial charge in [-0.05, 0) is 35.0 Å². The van der Waals surface area contributed by atoms with Crippen LogP contribution in [0.2, 0.25) is 0 Å². The molecule has 3 rings (SSSR count). The maximum atomic E-state index is 12.0. The zero-order chi connectivity index (χ0) is 10.4. The summed E-state index contributed by atoms with van der Waals surface area (Å²) in [4.78, 5) is 13.9. The molecule has 5 heteroatoms. The lowest BCUT2D eigenvalue weighted by atomic mass is 9.97. The third-order valence-corrected chi connectivity index (χ3v) is 3.80. The second-order valence-electron chi connectivity index (χ2n) is 3.97. The zero-order valence-corrected chi connectivity index (χ0v) is 9.66. The maximum absolute atomic E-state index is 12.0. The van der Waals surface area contributed by atoms with E-state index in [4.69, 9.17) is 4.42 Å². The molecule has 2 saturated heterocycles. The van der Waals surface area contributed by atoms with Crippen molar-refractivity contribution in [2.24, 2.45) is 0 Å². The van der Waals surface area contributed by atoms with Gasteiger partial charge in [0.1, 0.15) is 0 Å². The van der Waals surface area contributed by atoms with Gasteiger partial charge in [-0.25, -0.2) is 0 Å². The van der Waals surface area contributed by atoms with E-state index in [1.54, 1.807) is 6.07 Å². The van der Waals surface area contributed by atoms with Gasteiger partial charge in [0.25, 0.3) is 5.91 Å². The van der Waals surface area contributed by atoms with E-state index in [0.717, 1.165) is 24.0 Å². The summed E-state index contributed by atoms with van der Waals surface area (Å²) in [6, 6.07) is 2.62. The Morgan fingerprint density at radius 1 is 1.67 bits per heavy atom. The third kappa shape index (κ3) is 1.33. The Labute approximate surface area is 95.7 Å². The number of halogens is 1. The number of carbonyl (C=O) groups is 1. The lowest BCUT2D eigenvalue weighted by molar-refractivity contribution is 0.0378. The monoisotopic (exact) mass is 270 g/mol. The molecule has 15 heavy (non-hydrogen) atoms. The van der Waals surface area contributed by atoms with Crippen LogP contribution in [0.3, 0.4) is 0 Å². The van der Waals surface area contributed by atoms with Crippen LogP contribution >= 0.6 is 15.9 Å². The van der Waals surface area contributed by atoms with E-state index >= 15 is 0 Å². The summed E-state index contributed by atoms with van der Waals surface area (Å²) < 4.78 is 5.91. The third-order valence-electron chi connectivity index (χ3n) is 3.18. The molecule has 2 unspecified atom stereocenters. The Bertz CT molecular complexity index is 404. The van der Waals surface area contributed by atoms with E-state index in [0.29, 0.717) is 17.8 Å². The Morgan fingerprint density at radius 3 is 3.20 bits per heavy atom. The fourth-order valence-corrected chi connectivity index (χ4v) is 2.70. The number of likely N-dealkylation sites (tertiary alicyclic amines) is 1. The molecule has 1 aromatic rings. The summed E-state index contributed by atoms with van der Waals surface area (Å²) in [7, 11) is 0. The smallest absolute Gasteiger partial charge is 0.291 e. The molecule has 2 atom stereocenters. The van der Waals surface area contributed by atoms with Gasteiger partial charge in [0.15, 0.2) is 0 Å². The highest BCUT2D eigenvalue weighted by Gasteiger charge is 2.45. The molecule has 0 saturated carbocycles. The van der Waals surface area contributed by atoms with E-state index in [1.165, 1.54) is 6.26 Å². The van der Waals surface area contributed by atoms with E-state index in [9.17, 15) is 4.79 Å². The number of furan rings is 1. The molecule has 0 aromatic carbocycles. The van der Waals surface area contributed by atoms with Crippen LogP contribution in [-0.4, -0.2) is 36.0 Å². The Morgan fingerprint density at radius 2 is 2.53 bits per heavy atom. The predicted octanol–water partition coefficient (Wildman–Crippen LogP) is 1.23. The Balaban J connectivity index is 1.79. The SMILES string of the molecule is O=C(c1occc1Br)N1CC2NCCC21. The van der Waals surface area contributed by atoms with Crippen molar-refractivity contribution < 1.29 is 9.21 Å². The number of hydrogen-bond donors (Lipinski definition) is 1. The molecule has 1 N–H and O–H groups in total. The van der Waals surface area contributed by atoms with Crippen molar-refractivity contribution >= 4 is 21.8 Å². The normalized spacial score (nSPS) is 28.7. The van der Waals surface area contributed by atoms with Crippen LogP contribution < -0.4 is 5.32 Å². The molecular weight excluding hydrogens is 260 g/mol. The molecule has 1 aromatic heterocycles. The molecule has 1 amide bonds. The minimum atomic E-state index is -0.00294. The maximum Gasteiger partial charge on any atom is 0.291 e. The van der Waals surface area contributed by atoms with Crippen LogP contribution in [0.1, 0.15) is 17.0 Å². The van der Waals surface area contributed by atoms with E-state index < -0.39 is 0 Å². The topological polar surface area (TPSA) is 45.5 Å². The lowest BCUT2D eigenvalue weighted by Crippen LogP contribution is -2.62. The number of nitrogens with zero attached hydrogens (tertiary/aromatic N) is 1. The first-order valence-electron chi connectivity index (χ1n) is 5.05. The fraction of sp³-hybridized carbons (Fsp3) is 0.500. The van der Waals surface area contributed by atoms with Gasteiger partial charge in [-0.1, -0.05) is 0 Å². The molecule has 4 nitrogen and oxygen atoms in total. The highest BCUT2D eigenvalue weighted by Crippen LogP contribution is 2.29. The average molecular weight is 271 g/mol.